The summed E-state index contributed by atoms with van der Waals surface area (Å²) < 4.78 is 5.90. The van der Waals surface area contributed by atoms with Gasteiger partial charge in [-0.15, -0.1) is 11.3 Å². The Hall–Kier alpha value is -3.44. The number of nitrogens with zero attached hydrogens (tertiary/aromatic N) is 2. The third kappa shape index (κ3) is 4.16. The molecule has 1 aromatic heterocycles. The van der Waals surface area contributed by atoms with E-state index in [1.807, 2.05) is 41.3 Å². The van der Waals surface area contributed by atoms with Crippen molar-refractivity contribution in [3.05, 3.63) is 99.9 Å². The maximum absolute atomic E-state index is 13.0. The van der Waals surface area contributed by atoms with Gasteiger partial charge in [0.1, 0.15) is 5.75 Å². The average molecular weight is 441 g/mol. The number of hydrogen-bond donors (Lipinski definition) is 0. The number of amides is 1. The van der Waals surface area contributed by atoms with Gasteiger partial charge in [0.05, 0.1) is 22.9 Å². The Balaban J connectivity index is 1.45. The van der Waals surface area contributed by atoms with Crippen LogP contribution in [0.4, 0.5) is 5.69 Å². The lowest BCUT2D eigenvalue weighted by Crippen LogP contribution is -2.44. The largest absolute Gasteiger partial charge is 0.479 e. The standard InChI is InChI=1S/C27H24N2O2S/c1-18-8-10-21(11-9-18)16-29-24-15-22(12-13-25(24)31-19(2)27(29)30)23-17-32-26(28-23)14-20-6-4-3-5-7-20/h3-13,15,17,19H,14,16H2,1-2H3. The van der Waals surface area contributed by atoms with Crippen LogP contribution in [-0.2, 0) is 17.8 Å². The van der Waals surface area contributed by atoms with Gasteiger partial charge in [-0.2, -0.15) is 0 Å². The zero-order valence-electron chi connectivity index (χ0n) is 18.1. The van der Waals surface area contributed by atoms with Gasteiger partial charge in [0, 0.05) is 17.4 Å². The fourth-order valence-electron chi connectivity index (χ4n) is 3.90. The van der Waals surface area contributed by atoms with E-state index in [4.69, 9.17) is 9.72 Å². The summed E-state index contributed by atoms with van der Waals surface area (Å²) >= 11 is 1.66. The monoisotopic (exact) mass is 440 g/mol. The lowest BCUT2D eigenvalue weighted by atomic mass is 10.1. The van der Waals surface area contributed by atoms with Crippen LogP contribution in [0.25, 0.3) is 11.3 Å². The predicted octanol–water partition coefficient (Wildman–Crippen LogP) is 6.02. The molecule has 5 rings (SSSR count). The van der Waals surface area contributed by atoms with E-state index in [-0.39, 0.29) is 5.91 Å². The molecule has 0 spiro atoms. The predicted molar refractivity (Wildman–Crippen MR) is 129 cm³/mol. The van der Waals surface area contributed by atoms with Crippen LogP contribution in [0.3, 0.4) is 0 Å². The molecule has 4 aromatic rings. The molecule has 0 fully saturated rings. The van der Waals surface area contributed by atoms with Gasteiger partial charge >= 0.3 is 0 Å². The molecule has 1 unspecified atom stereocenters. The molecule has 4 nitrogen and oxygen atoms in total. The molecule has 160 valence electrons. The number of carbonyl (C=O) groups is 1. The molecule has 1 atom stereocenters. The first kappa shape index (κ1) is 20.5. The molecule has 0 saturated carbocycles. The van der Waals surface area contributed by atoms with Gasteiger partial charge in [-0.1, -0.05) is 60.2 Å². The second kappa shape index (κ2) is 8.60. The third-order valence-electron chi connectivity index (χ3n) is 5.67. The van der Waals surface area contributed by atoms with E-state index in [0.717, 1.165) is 39.7 Å². The van der Waals surface area contributed by atoms with Crippen molar-refractivity contribution in [3.8, 4) is 17.0 Å². The maximum Gasteiger partial charge on any atom is 0.268 e. The SMILES string of the molecule is Cc1ccc(CN2C(=O)C(C)Oc3ccc(-c4csc(Cc5ccccc5)n4)cc32)cc1. The summed E-state index contributed by atoms with van der Waals surface area (Å²) in [6.07, 6.45) is 0.310. The summed E-state index contributed by atoms with van der Waals surface area (Å²) in [4.78, 5) is 19.7. The number of anilines is 1. The fourth-order valence-corrected chi connectivity index (χ4v) is 4.74. The maximum atomic E-state index is 13.0. The number of fused-ring (bicyclic) bond motifs is 1. The Morgan fingerprint density at radius 3 is 2.56 bits per heavy atom. The Kier molecular flexibility index (Phi) is 5.50. The summed E-state index contributed by atoms with van der Waals surface area (Å²) in [5.74, 6) is 0.700. The molecule has 1 aliphatic rings. The number of aryl methyl sites for hydroxylation is 1. The van der Waals surface area contributed by atoms with Crippen molar-refractivity contribution in [2.75, 3.05) is 4.90 Å². The van der Waals surface area contributed by atoms with E-state index in [2.05, 4.69) is 48.7 Å². The van der Waals surface area contributed by atoms with Crippen LogP contribution in [0.1, 0.15) is 28.6 Å². The lowest BCUT2D eigenvalue weighted by Gasteiger charge is -2.33. The highest BCUT2D eigenvalue weighted by atomic mass is 32.1. The van der Waals surface area contributed by atoms with Crippen LogP contribution in [0.5, 0.6) is 5.75 Å². The molecule has 0 bridgehead atoms. The molecule has 32 heavy (non-hydrogen) atoms. The van der Waals surface area contributed by atoms with Crippen LogP contribution in [-0.4, -0.2) is 17.0 Å². The van der Waals surface area contributed by atoms with Crippen molar-refractivity contribution in [2.24, 2.45) is 0 Å². The highest BCUT2D eigenvalue weighted by Gasteiger charge is 2.32. The van der Waals surface area contributed by atoms with E-state index in [9.17, 15) is 4.79 Å². The second-order valence-corrected chi connectivity index (χ2v) is 9.08. The summed E-state index contributed by atoms with van der Waals surface area (Å²) in [6.45, 7) is 4.38. The molecule has 2 heterocycles. The van der Waals surface area contributed by atoms with Gasteiger partial charge in [0.2, 0.25) is 0 Å². The van der Waals surface area contributed by atoms with Crippen molar-refractivity contribution >= 4 is 22.9 Å². The number of benzene rings is 3. The third-order valence-corrected chi connectivity index (χ3v) is 6.52. The fraction of sp³-hybridized carbons (Fsp3) is 0.185. The molecule has 0 N–H and O–H groups in total. The van der Waals surface area contributed by atoms with E-state index >= 15 is 0 Å². The number of hydrogen-bond acceptors (Lipinski definition) is 4. The topological polar surface area (TPSA) is 42.4 Å². The van der Waals surface area contributed by atoms with E-state index in [1.165, 1.54) is 11.1 Å². The van der Waals surface area contributed by atoms with Crippen molar-refractivity contribution in [2.45, 2.75) is 32.9 Å². The Morgan fingerprint density at radius 1 is 1.00 bits per heavy atom. The smallest absolute Gasteiger partial charge is 0.268 e. The molecule has 5 heteroatoms. The minimum atomic E-state index is -0.504. The second-order valence-electron chi connectivity index (χ2n) is 8.14. The van der Waals surface area contributed by atoms with Crippen LogP contribution in [0.2, 0.25) is 0 Å². The number of rotatable bonds is 5. The Bertz CT molecular complexity index is 1250. The van der Waals surface area contributed by atoms with E-state index < -0.39 is 6.10 Å². The van der Waals surface area contributed by atoms with Gasteiger partial charge in [0.15, 0.2) is 6.10 Å². The first-order chi connectivity index (χ1) is 15.6. The molecule has 0 aliphatic carbocycles. The van der Waals surface area contributed by atoms with Crippen LogP contribution < -0.4 is 9.64 Å². The number of ether oxygens (including phenoxy) is 1. The van der Waals surface area contributed by atoms with Crippen LogP contribution in [0.15, 0.2) is 78.2 Å². The van der Waals surface area contributed by atoms with Crippen molar-refractivity contribution < 1.29 is 9.53 Å². The molecule has 3 aromatic carbocycles. The number of aromatic nitrogens is 1. The zero-order chi connectivity index (χ0) is 22.1. The minimum absolute atomic E-state index is 0.0294. The highest BCUT2D eigenvalue weighted by molar-refractivity contribution is 7.10. The summed E-state index contributed by atoms with van der Waals surface area (Å²) in [7, 11) is 0. The molecular formula is C27H24N2O2S. The van der Waals surface area contributed by atoms with Gasteiger partial charge in [-0.05, 0) is 43.2 Å². The number of carbonyl (C=O) groups excluding carboxylic acids is 1. The molecule has 1 aliphatic heterocycles. The van der Waals surface area contributed by atoms with Crippen molar-refractivity contribution in [1.82, 2.24) is 4.98 Å². The summed E-state index contributed by atoms with van der Waals surface area (Å²) in [5.41, 5.74) is 6.24. The quantitative estimate of drug-likeness (QED) is 0.381. The Morgan fingerprint density at radius 2 is 1.78 bits per heavy atom. The normalized spacial score (nSPS) is 15.4. The first-order valence-corrected chi connectivity index (χ1v) is 11.6. The van der Waals surface area contributed by atoms with E-state index in [0.29, 0.717) is 6.54 Å². The van der Waals surface area contributed by atoms with Gasteiger partial charge in [-0.25, -0.2) is 4.98 Å². The lowest BCUT2D eigenvalue weighted by molar-refractivity contribution is -0.125. The number of thiazole rings is 1. The zero-order valence-corrected chi connectivity index (χ0v) is 18.9. The molecule has 0 radical (unpaired) electrons. The molecule has 0 saturated heterocycles. The first-order valence-electron chi connectivity index (χ1n) is 10.7. The van der Waals surface area contributed by atoms with Gasteiger partial charge in [-0.3, -0.25) is 4.79 Å². The highest BCUT2D eigenvalue weighted by Crippen LogP contribution is 2.38. The summed E-state index contributed by atoms with van der Waals surface area (Å²) in [5, 5.41) is 3.15. The Labute approximate surface area is 192 Å². The molecular weight excluding hydrogens is 416 g/mol. The average Bonchev–Trinajstić information content (AvgIpc) is 3.27. The van der Waals surface area contributed by atoms with Gasteiger partial charge in [0.25, 0.3) is 5.91 Å². The molecule has 1 amide bonds. The van der Waals surface area contributed by atoms with Gasteiger partial charge < -0.3 is 9.64 Å². The van der Waals surface area contributed by atoms with Crippen LogP contribution >= 0.6 is 11.3 Å². The van der Waals surface area contributed by atoms with Crippen LogP contribution in [0, 0.1) is 6.92 Å². The van der Waals surface area contributed by atoms with Crippen molar-refractivity contribution in [3.63, 3.8) is 0 Å². The summed E-state index contributed by atoms with van der Waals surface area (Å²) in [6, 6.07) is 24.6. The van der Waals surface area contributed by atoms with Crippen molar-refractivity contribution in [1.29, 1.82) is 0 Å². The van der Waals surface area contributed by atoms with E-state index in [1.54, 1.807) is 18.3 Å². The minimum Gasteiger partial charge on any atom is -0.479 e.